The third-order valence-electron chi connectivity index (χ3n) is 4.31. The Hall–Kier alpha value is -2.29. The highest BCUT2D eigenvalue weighted by atomic mass is 16.5. The summed E-state index contributed by atoms with van der Waals surface area (Å²) in [6, 6.07) is 18.1. The summed E-state index contributed by atoms with van der Waals surface area (Å²) in [5.41, 5.74) is 2.32. The van der Waals surface area contributed by atoms with Crippen molar-refractivity contribution in [1.82, 2.24) is 5.32 Å². The van der Waals surface area contributed by atoms with Gasteiger partial charge in [-0.2, -0.15) is 0 Å². The predicted molar refractivity (Wildman–Crippen MR) is 86.8 cm³/mol. The van der Waals surface area contributed by atoms with Gasteiger partial charge in [-0.15, -0.1) is 0 Å². The fraction of sp³-hybridized carbons (Fsp3) is 0.316. The van der Waals surface area contributed by atoms with Crippen LogP contribution in [0, 0.1) is 5.92 Å². The predicted octanol–water partition coefficient (Wildman–Crippen LogP) is 3.68. The molecule has 2 aromatic carbocycles. The number of amides is 1. The van der Waals surface area contributed by atoms with Crippen molar-refractivity contribution in [2.45, 2.75) is 25.3 Å². The van der Waals surface area contributed by atoms with Crippen LogP contribution in [0.15, 0.2) is 54.6 Å². The molecule has 22 heavy (non-hydrogen) atoms. The molecule has 1 aliphatic carbocycles. The monoisotopic (exact) mass is 295 g/mol. The van der Waals surface area contributed by atoms with Crippen LogP contribution in [0.5, 0.6) is 5.75 Å². The van der Waals surface area contributed by atoms with Gasteiger partial charge < -0.3 is 10.1 Å². The Bertz CT molecular complexity index is 653. The van der Waals surface area contributed by atoms with Gasteiger partial charge in [-0.3, -0.25) is 4.79 Å². The Morgan fingerprint density at radius 3 is 2.68 bits per heavy atom. The Labute approximate surface area is 131 Å². The number of methoxy groups -OCH3 is 1. The first kappa shape index (κ1) is 14.6. The van der Waals surface area contributed by atoms with Gasteiger partial charge in [0.25, 0.3) is 0 Å². The van der Waals surface area contributed by atoms with Crippen molar-refractivity contribution in [2.24, 2.45) is 5.92 Å². The molecular weight excluding hydrogens is 274 g/mol. The third-order valence-corrected chi connectivity index (χ3v) is 4.31. The lowest BCUT2D eigenvalue weighted by Gasteiger charge is -2.15. The number of hydrogen-bond donors (Lipinski definition) is 1. The molecule has 0 aliphatic heterocycles. The molecule has 3 atom stereocenters. The van der Waals surface area contributed by atoms with Crippen LogP contribution in [0.25, 0.3) is 0 Å². The Kier molecular flexibility index (Phi) is 4.14. The molecule has 3 nitrogen and oxygen atoms in total. The molecule has 0 saturated heterocycles. The van der Waals surface area contributed by atoms with Gasteiger partial charge in [0.2, 0.25) is 5.91 Å². The molecule has 1 N–H and O–H groups in total. The molecule has 3 rings (SSSR count). The van der Waals surface area contributed by atoms with E-state index in [-0.39, 0.29) is 17.9 Å². The summed E-state index contributed by atoms with van der Waals surface area (Å²) >= 11 is 0. The number of nitrogens with one attached hydrogen (secondary N) is 1. The number of rotatable bonds is 5. The van der Waals surface area contributed by atoms with Crippen molar-refractivity contribution < 1.29 is 9.53 Å². The molecule has 0 radical (unpaired) electrons. The van der Waals surface area contributed by atoms with Crippen LogP contribution in [0.3, 0.4) is 0 Å². The van der Waals surface area contributed by atoms with Gasteiger partial charge in [-0.25, -0.2) is 0 Å². The zero-order chi connectivity index (χ0) is 15.5. The minimum atomic E-state index is -0.0142. The van der Waals surface area contributed by atoms with Crippen molar-refractivity contribution in [2.75, 3.05) is 7.11 Å². The van der Waals surface area contributed by atoms with Crippen molar-refractivity contribution in [1.29, 1.82) is 0 Å². The Morgan fingerprint density at radius 1 is 1.18 bits per heavy atom. The van der Waals surface area contributed by atoms with E-state index in [0.717, 1.165) is 17.7 Å². The van der Waals surface area contributed by atoms with Crippen LogP contribution in [0.4, 0.5) is 0 Å². The minimum absolute atomic E-state index is 0.0142. The fourth-order valence-electron chi connectivity index (χ4n) is 2.87. The van der Waals surface area contributed by atoms with E-state index in [2.05, 4.69) is 17.4 Å². The molecule has 2 aromatic rings. The van der Waals surface area contributed by atoms with Crippen LogP contribution < -0.4 is 10.1 Å². The summed E-state index contributed by atoms with van der Waals surface area (Å²) in [6.07, 6.45) is 0.945. The summed E-state index contributed by atoms with van der Waals surface area (Å²) in [5, 5.41) is 3.11. The molecule has 114 valence electrons. The van der Waals surface area contributed by atoms with Crippen molar-refractivity contribution in [3.8, 4) is 5.75 Å². The summed E-state index contributed by atoms with van der Waals surface area (Å²) in [7, 11) is 1.65. The maximum atomic E-state index is 12.4. The molecular formula is C19H21NO2. The van der Waals surface area contributed by atoms with Gasteiger partial charge in [0.05, 0.1) is 13.2 Å². The van der Waals surface area contributed by atoms with Gasteiger partial charge in [0.15, 0.2) is 0 Å². The largest absolute Gasteiger partial charge is 0.497 e. The van der Waals surface area contributed by atoms with Crippen LogP contribution in [-0.4, -0.2) is 13.0 Å². The van der Waals surface area contributed by atoms with E-state index >= 15 is 0 Å². The first-order chi connectivity index (χ1) is 10.7. The Balaban J connectivity index is 1.60. The second-order valence-corrected chi connectivity index (χ2v) is 5.87. The van der Waals surface area contributed by atoms with E-state index in [9.17, 15) is 4.79 Å². The molecule has 0 aromatic heterocycles. The topological polar surface area (TPSA) is 38.3 Å². The molecule has 0 bridgehead atoms. The van der Waals surface area contributed by atoms with Gasteiger partial charge >= 0.3 is 0 Å². The third kappa shape index (κ3) is 3.14. The molecule has 1 aliphatic rings. The normalized spacial score (nSPS) is 21.0. The van der Waals surface area contributed by atoms with E-state index in [1.807, 2.05) is 49.4 Å². The maximum Gasteiger partial charge on any atom is 0.224 e. The first-order valence-electron chi connectivity index (χ1n) is 7.68. The molecule has 1 fully saturated rings. The summed E-state index contributed by atoms with van der Waals surface area (Å²) in [5.74, 6) is 1.44. The first-order valence-corrected chi connectivity index (χ1v) is 7.68. The van der Waals surface area contributed by atoms with Gasteiger partial charge in [0, 0.05) is 5.92 Å². The van der Waals surface area contributed by atoms with E-state index in [4.69, 9.17) is 4.74 Å². The molecule has 2 unspecified atom stereocenters. The van der Waals surface area contributed by atoms with E-state index < -0.39 is 0 Å². The quantitative estimate of drug-likeness (QED) is 0.914. The Morgan fingerprint density at radius 2 is 1.95 bits per heavy atom. The average molecular weight is 295 g/mol. The summed E-state index contributed by atoms with van der Waals surface area (Å²) in [6.45, 7) is 2.01. The van der Waals surface area contributed by atoms with E-state index in [0.29, 0.717) is 5.92 Å². The van der Waals surface area contributed by atoms with E-state index in [1.165, 1.54) is 5.56 Å². The zero-order valence-corrected chi connectivity index (χ0v) is 13.0. The second-order valence-electron chi connectivity index (χ2n) is 5.87. The molecule has 1 amide bonds. The maximum absolute atomic E-state index is 12.4. The summed E-state index contributed by atoms with van der Waals surface area (Å²) < 4.78 is 5.23. The molecule has 1 saturated carbocycles. The second kappa shape index (κ2) is 6.22. The smallest absolute Gasteiger partial charge is 0.224 e. The van der Waals surface area contributed by atoms with Crippen LogP contribution in [-0.2, 0) is 4.79 Å². The lowest BCUT2D eigenvalue weighted by atomic mass is 10.1. The fourth-order valence-corrected chi connectivity index (χ4v) is 2.87. The SMILES string of the molecule is COc1cccc(C(C)NC(=O)C2C[C@H]2c2ccccc2)c1. The number of ether oxygens (including phenoxy) is 1. The number of carbonyl (C=O) groups is 1. The standard InChI is InChI=1S/C19H21NO2/c1-13(15-9-6-10-16(11-15)22-2)20-19(21)18-12-17(18)14-7-4-3-5-8-14/h3-11,13,17-18H,12H2,1-2H3,(H,20,21)/t13?,17-,18?/m0/s1. The number of hydrogen-bond acceptors (Lipinski definition) is 2. The molecule has 0 spiro atoms. The average Bonchev–Trinajstić information content (AvgIpc) is 3.36. The summed E-state index contributed by atoms with van der Waals surface area (Å²) in [4.78, 5) is 12.4. The van der Waals surface area contributed by atoms with Crippen LogP contribution >= 0.6 is 0 Å². The highest BCUT2D eigenvalue weighted by Crippen LogP contribution is 2.47. The number of carbonyl (C=O) groups excluding carboxylic acids is 1. The molecule has 0 heterocycles. The lowest BCUT2D eigenvalue weighted by molar-refractivity contribution is -0.123. The highest BCUT2D eigenvalue weighted by Gasteiger charge is 2.44. The lowest BCUT2D eigenvalue weighted by Crippen LogP contribution is -2.28. The van der Waals surface area contributed by atoms with Crippen LogP contribution in [0.2, 0.25) is 0 Å². The minimum Gasteiger partial charge on any atom is -0.497 e. The van der Waals surface area contributed by atoms with Gasteiger partial charge in [-0.05, 0) is 42.5 Å². The molecule has 3 heteroatoms. The van der Waals surface area contributed by atoms with Crippen LogP contribution in [0.1, 0.15) is 36.4 Å². The van der Waals surface area contributed by atoms with Gasteiger partial charge in [0.1, 0.15) is 5.75 Å². The highest BCUT2D eigenvalue weighted by molar-refractivity contribution is 5.83. The van der Waals surface area contributed by atoms with Crippen molar-refractivity contribution in [3.63, 3.8) is 0 Å². The van der Waals surface area contributed by atoms with Crippen molar-refractivity contribution >= 4 is 5.91 Å². The van der Waals surface area contributed by atoms with Crippen molar-refractivity contribution in [3.05, 3.63) is 65.7 Å². The van der Waals surface area contributed by atoms with E-state index in [1.54, 1.807) is 7.11 Å². The number of benzene rings is 2. The zero-order valence-electron chi connectivity index (χ0n) is 13.0. The van der Waals surface area contributed by atoms with Gasteiger partial charge in [-0.1, -0.05) is 42.5 Å².